The number of aliphatic hydroxyl groups excluding tert-OH is 2. The van der Waals surface area contributed by atoms with Crippen LogP contribution in [0, 0.1) is 16.7 Å². The predicted octanol–water partition coefficient (Wildman–Crippen LogP) is 1.58. The fraction of sp³-hybridized carbons (Fsp3) is 0.500. The molecule has 16 nitrogen and oxygen atoms in total. The van der Waals surface area contributed by atoms with Gasteiger partial charge in [-0.15, -0.1) is 0 Å². The van der Waals surface area contributed by atoms with E-state index < -0.39 is 66.8 Å². The Bertz CT molecular complexity index is 1760. The van der Waals surface area contributed by atoms with Gasteiger partial charge >= 0.3 is 11.0 Å². The zero-order chi connectivity index (χ0) is 34.7. The minimum Gasteiger partial charge on any atom is -0.870 e. The summed E-state index contributed by atoms with van der Waals surface area (Å²) in [5.74, 6) is -0.183. The van der Waals surface area contributed by atoms with Crippen LogP contribution in [0.15, 0.2) is 36.4 Å². The summed E-state index contributed by atoms with van der Waals surface area (Å²) in [6, 6.07) is 10.7. The van der Waals surface area contributed by atoms with Crippen molar-refractivity contribution in [3.8, 4) is 28.7 Å². The van der Waals surface area contributed by atoms with Gasteiger partial charge in [-0.3, -0.25) is 4.79 Å². The Balaban J connectivity index is 0.00000406. The van der Waals surface area contributed by atoms with Crippen molar-refractivity contribution in [3.63, 3.8) is 0 Å². The van der Waals surface area contributed by atoms with E-state index in [9.17, 15) is 19.9 Å². The first-order valence-corrected chi connectivity index (χ1v) is 17.0. The van der Waals surface area contributed by atoms with Crippen LogP contribution >= 0.6 is 11.3 Å². The van der Waals surface area contributed by atoms with Crippen molar-refractivity contribution in [2.75, 3.05) is 34.2 Å². The summed E-state index contributed by atoms with van der Waals surface area (Å²) in [4.78, 5) is 25.5. The van der Waals surface area contributed by atoms with Gasteiger partial charge in [0.05, 0.1) is 39.5 Å². The van der Waals surface area contributed by atoms with E-state index in [1.54, 1.807) is 31.2 Å². The van der Waals surface area contributed by atoms with E-state index in [1.807, 2.05) is 17.3 Å². The van der Waals surface area contributed by atoms with Gasteiger partial charge in [-0.05, 0) is 53.9 Å². The molecular formula is C34H37NO15S. The second kappa shape index (κ2) is 14.2. The Labute approximate surface area is 295 Å². The number of nitrogens with one attached hydrogen (secondary N) is 1. The smallest absolute Gasteiger partial charge is 0.310 e. The Morgan fingerprint density at radius 2 is 1.67 bits per heavy atom. The van der Waals surface area contributed by atoms with Gasteiger partial charge in [0.15, 0.2) is 35.6 Å². The van der Waals surface area contributed by atoms with Crippen LogP contribution in [0.1, 0.15) is 40.5 Å². The average molecular weight is 732 g/mol. The molecule has 3 fully saturated rings. The number of carbonyl (C=O) groups is 1. The second-order valence-electron chi connectivity index (χ2n) is 12.6. The van der Waals surface area contributed by atoms with Crippen molar-refractivity contribution >= 4 is 22.3 Å². The van der Waals surface area contributed by atoms with Gasteiger partial charge in [-0.25, -0.2) is 0 Å². The number of thiophene rings is 1. The Morgan fingerprint density at radius 1 is 0.941 bits per heavy atom. The molecule has 0 bridgehead atoms. The summed E-state index contributed by atoms with van der Waals surface area (Å²) in [5, 5.41) is 24.5. The first-order valence-electron chi connectivity index (χ1n) is 16.2. The number of cyclic esters (lactones) is 1. The van der Waals surface area contributed by atoms with Crippen LogP contribution in [0.4, 0.5) is 5.00 Å². The highest BCUT2D eigenvalue weighted by atomic mass is 32.1. The van der Waals surface area contributed by atoms with E-state index in [0.717, 1.165) is 4.88 Å². The first kappa shape index (κ1) is 35.3. The molecule has 51 heavy (non-hydrogen) atoms. The summed E-state index contributed by atoms with van der Waals surface area (Å²) in [6.45, 7) is 2.06. The van der Waals surface area contributed by atoms with Crippen LogP contribution in [0.5, 0.6) is 28.7 Å². The summed E-state index contributed by atoms with van der Waals surface area (Å²) in [7, 11) is 3.02. The van der Waals surface area contributed by atoms with Crippen molar-refractivity contribution in [2.24, 2.45) is 11.8 Å². The second-order valence-corrected chi connectivity index (χ2v) is 13.8. The molecule has 17 heteroatoms. The van der Waals surface area contributed by atoms with E-state index in [4.69, 9.17) is 47.4 Å². The van der Waals surface area contributed by atoms with Crippen LogP contribution in [0.25, 0.3) is 0 Å². The number of hydrogen-bond acceptors (Lipinski definition) is 16. The molecule has 10 atom stereocenters. The third-order valence-electron chi connectivity index (χ3n) is 9.85. The zero-order valence-electron chi connectivity index (χ0n) is 27.7. The molecule has 0 saturated carbocycles. The Morgan fingerprint density at radius 3 is 2.35 bits per heavy atom. The summed E-state index contributed by atoms with van der Waals surface area (Å²) in [5.41, 5.74) is 2.07. The number of aliphatic hydroxyl groups is 2. The number of rotatable bonds is 9. The minimum absolute atomic E-state index is 0. The molecule has 3 saturated heterocycles. The van der Waals surface area contributed by atoms with Gasteiger partial charge in [-0.1, -0.05) is 11.3 Å². The molecule has 0 spiro atoms. The van der Waals surface area contributed by atoms with Crippen LogP contribution in [-0.2, 0) is 35.1 Å². The molecule has 8 rings (SSSR count). The quantitative estimate of drug-likeness (QED) is 0.267. The summed E-state index contributed by atoms with van der Waals surface area (Å²) < 4.78 is 58.9. The van der Waals surface area contributed by atoms with Gasteiger partial charge in [0.2, 0.25) is 12.5 Å². The van der Waals surface area contributed by atoms with E-state index in [-0.39, 0.29) is 32.1 Å². The Kier molecular flexibility index (Phi) is 9.81. The largest absolute Gasteiger partial charge is 0.870 e. The molecule has 2 aromatic carbocycles. The van der Waals surface area contributed by atoms with Gasteiger partial charge < -0.3 is 63.1 Å². The number of fused-ring (bicyclic) bond motifs is 4. The molecule has 4 aliphatic heterocycles. The number of nitroso groups, excluding NO2 is 1. The van der Waals surface area contributed by atoms with Gasteiger partial charge in [0.1, 0.15) is 31.0 Å². The fourth-order valence-electron chi connectivity index (χ4n) is 7.52. The topological polar surface area (TPSA) is 211 Å². The lowest BCUT2D eigenvalue weighted by Crippen LogP contribution is -2.63. The van der Waals surface area contributed by atoms with Crippen molar-refractivity contribution in [1.82, 2.24) is 0 Å². The molecule has 0 radical (unpaired) electrons. The number of carbonyl (C=O) groups excluding carboxylic acids is 1. The lowest BCUT2D eigenvalue weighted by molar-refractivity contribution is -0.374. The lowest BCUT2D eigenvalue weighted by Gasteiger charge is -2.47. The molecule has 4 N–H and O–H groups in total. The third-order valence-corrected chi connectivity index (χ3v) is 10.8. The van der Waals surface area contributed by atoms with Crippen LogP contribution in [0.3, 0.4) is 0 Å². The molecule has 274 valence electrons. The van der Waals surface area contributed by atoms with Crippen LogP contribution in [0.2, 0.25) is 0 Å². The number of methoxy groups -OCH3 is 2. The fourth-order valence-corrected chi connectivity index (χ4v) is 8.23. The lowest BCUT2D eigenvalue weighted by atomic mass is 9.66. The molecule has 6 unspecified atom stereocenters. The van der Waals surface area contributed by atoms with E-state index in [1.165, 1.54) is 25.6 Å². The highest BCUT2D eigenvalue weighted by Gasteiger charge is 2.56. The van der Waals surface area contributed by atoms with Crippen molar-refractivity contribution < 1.29 is 73.0 Å². The van der Waals surface area contributed by atoms with E-state index in [0.29, 0.717) is 50.4 Å². The van der Waals surface area contributed by atoms with Crippen molar-refractivity contribution in [2.45, 2.75) is 62.5 Å². The molecule has 3 aromatic rings. The van der Waals surface area contributed by atoms with Crippen LogP contribution < -0.4 is 28.9 Å². The Hall–Kier alpha value is -4.07. The van der Waals surface area contributed by atoms with Crippen LogP contribution in [-0.4, -0.2) is 92.9 Å². The van der Waals surface area contributed by atoms with Gasteiger partial charge in [0.25, 0.3) is 0 Å². The highest BCUT2D eigenvalue weighted by molar-refractivity contribution is 7.15. The SMILES string of the molecule is COc1cc([C@@H]2c3cc4c(cc3[C@@H](OC3OC5COC(C)OC5C(O)C3O)[C@H]3COC(=O)[C@H]23)OCO4)cc(OC)c1OCc1ccc([NH+]=O)s1.[OH-]. The molecular weight excluding hydrogens is 694 g/mol. The van der Waals surface area contributed by atoms with E-state index >= 15 is 0 Å². The molecule has 1 aromatic heterocycles. The number of benzene rings is 2. The van der Waals surface area contributed by atoms with Crippen molar-refractivity contribution in [1.29, 1.82) is 0 Å². The maximum atomic E-state index is 13.7. The molecule has 5 aliphatic rings. The normalized spacial score (nSPS) is 31.7. The average Bonchev–Trinajstić information content (AvgIpc) is 3.89. The molecule has 0 amide bonds. The summed E-state index contributed by atoms with van der Waals surface area (Å²) >= 11 is 1.27. The predicted molar refractivity (Wildman–Crippen MR) is 171 cm³/mol. The number of esters is 1. The molecule has 1 aliphatic carbocycles. The molecule has 5 heterocycles. The van der Waals surface area contributed by atoms with Crippen molar-refractivity contribution in [3.05, 3.63) is 62.9 Å². The van der Waals surface area contributed by atoms with Gasteiger partial charge in [-0.2, -0.15) is 0 Å². The number of ether oxygens (including phenoxy) is 10. The standard InChI is InChI=1S/C34H35NO14S.H2O/c1-14-42-12-24-32(47-14)28(36)29(37)34(48-24)49-30-18-9-21-20(45-13-46-21)8-17(18)26(27-19(30)11-44-33(27)38)15-6-22(40-2)31(23(7-15)41-3)43-10-16-4-5-25(35-39)50-16;/h4-9,14,19,24,26-30,32,34,36-37H,10-13H2,1-3H3;1H2/t14?,19-,24?,26+,27-,28?,29?,30+,32?,34?;/m0./s1. The highest BCUT2D eigenvalue weighted by Crippen LogP contribution is 2.57. The maximum absolute atomic E-state index is 13.7. The maximum Gasteiger partial charge on any atom is 0.310 e. The van der Waals surface area contributed by atoms with Gasteiger partial charge in [0, 0.05) is 32.9 Å². The summed E-state index contributed by atoms with van der Waals surface area (Å²) in [6.07, 6.45) is -6.90. The zero-order valence-corrected chi connectivity index (χ0v) is 28.5. The first-order chi connectivity index (χ1) is 24.3. The minimum atomic E-state index is -1.45. The third kappa shape index (κ3) is 6.16. The monoisotopic (exact) mass is 731 g/mol. The van der Waals surface area contributed by atoms with E-state index in [2.05, 4.69) is 0 Å². The number of hydrogen-bond donors (Lipinski definition) is 3.